The molecule has 0 radical (unpaired) electrons. The highest BCUT2D eigenvalue weighted by molar-refractivity contribution is 5.72. The van der Waals surface area contributed by atoms with Gasteiger partial charge in [-0.1, -0.05) is 12.1 Å². The van der Waals surface area contributed by atoms with Crippen molar-refractivity contribution in [2.75, 3.05) is 0 Å². The molecule has 0 bridgehead atoms. The fourth-order valence-corrected chi connectivity index (χ4v) is 1.83. The maximum atomic E-state index is 13.5. The van der Waals surface area contributed by atoms with Gasteiger partial charge in [0.15, 0.2) is 0 Å². The van der Waals surface area contributed by atoms with Gasteiger partial charge in [-0.2, -0.15) is 0 Å². The first-order valence-electron chi connectivity index (χ1n) is 6.29. The van der Waals surface area contributed by atoms with E-state index >= 15 is 0 Å². The Morgan fingerprint density at radius 2 is 2.15 bits per heavy atom. The highest BCUT2D eigenvalue weighted by atomic mass is 19.1. The molecule has 2 rings (SSSR count). The molecule has 5 heteroatoms. The van der Waals surface area contributed by atoms with E-state index in [0.29, 0.717) is 29.2 Å². The highest BCUT2D eigenvalue weighted by Gasteiger charge is 2.13. The zero-order valence-electron chi connectivity index (χ0n) is 11.3. The molecule has 0 amide bonds. The van der Waals surface area contributed by atoms with Gasteiger partial charge in [0.1, 0.15) is 23.4 Å². The monoisotopic (exact) mass is 277 g/mol. The van der Waals surface area contributed by atoms with Crippen molar-refractivity contribution in [3.05, 3.63) is 47.5 Å². The van der Waals surface area contributed by atoms with Crippen molar-refractivity contribution in [3.8, 4) is 11.3 Å². The molecule has 0 spiro atoms. The van der Waals surface area contributed by atoms with Crippen LogP contribution in [-0.4, -0.2) is 17.1 Å². The molecule has 1 aromatic carbocycles. The first-order valence-corrected chi connectivity index (χ1v) is 6.29. The van der Waals surface area contributed by atoms with Gasteiger partial charge in [0, 0.05) is 5.56 Å². The number of rotatable bonds is 5. The number of halogens is 1. The molecule has 2 aromatic rings. The number of hydrogen-bond acceptors (Lipinski definition) is 3. The molecule has 0 aliphatic heterocycles. The number of carboxylic acid groups (broad SMARTS) is 1. The summed E-state index contributed by atoms with van der Waals surface area (Å²) in [5.74, 6) is -0.0191. The molecule has 0 saturated heterocycles. The van der Waals surface area contributed by atoms with Gasteiger partial charge >= 0.3 is 5.97 Å². The van der Waals surface area contributed by atoms with E-state index in [1.54, 1.807) is 38.1 Å². The van der Waals surface area contributed by atoms with Gasteiger partial charge in [-0.3, -0.25) is 10.1 Å². The summed E-state index contributed by atoms with van der Waals surface area (Å²) in [5.41, 5.74) is 1.22. The summed E-state index contributed by atoms with van der Waals surface area (Å²) in [6.07, 6.45) is 0. The van der Waals surface area contributed by atoms with E-state index in [2.05, 4.69) is 5.32 Å². The van der Waals surface area contributed by atoms with Crippen LogP contribution in [0.4, 0.5) is 4.39 Å². The number of carbonyl (C=O) groups is 1. The summed E-state index contributed by atoms with van der Waals surface area (Å²) in [7, 11) is 0. The van der Waals surface area contributed by atoms with Crippen LogP contribution < -0.4 is 5.32 Å². The lowest BCUT2D eigenvalue weighted by molar-refractivity contribution is -0.139. The Morgan fingerprint density at radius 1 is 1.40 bits per heavy atom. The molecule has 0 saturated carbocycles. The Bertz CT molecular complexity index is 621. The Hall–Kier alpha value is -2.14. The average molecular weight is 277 g/mol. The van der Waals surface area contributed by atoms with Gasteiger partial charge in [-0.25, -0.2) is 4.39 Å². The third kappa shape index (κ3) is 3.05. The lowest BCUT2D eigenvalue weighted by Crippen LogP contribution is -2.32. The standard InChI is InChI=1S/C15H16FNO3/c1-9-12(4-3-5-13(9)16)14-7-6-11(20-14)8-17-10(2)15(18)19/h3-7,10,17H,8H2,1-2H3,(H,18,19). The van der Waals surface area contributed by atoms with Crippen LogP contribution in [0.15, 0.2) is 34.7 Å². The van der Waals surface area contributed by atoms with E-state index in [1.165, 1.54) is 6.07 Å². The molecule has 0 aliphatic rings. The zero-order valence-corrected chi connectivity index (χ0v) is 11.3. The van der Waals surface area contributed by atoms with Crippen LogP contribution in [0, 0.1) is 12.7 Å². The van der Waals surface area contributed by atoms with Gasteiger partial charge in [0.05, 0.1) is 6.54 Å². The normalized spacial score (nSPS) is 12.3. The van der Waals surface area contributed by atoms with E-state index in [-0.39, 0.29) is 5.82 Å². The Labute approximate surface area is 116 Å². The van der Waals surface area contributed by atoms with E-state index in [0.717, 1.165) is 0 Å². The van der Waals surface area contributed by atoms with E-state index in [1.807, 2.05) is 0 Å². The molecule has 106 valence electrons. The topological polar surface area (TPSA) is 62.5 Å². The smallest absolute Gasteiger partial charge is 0.320 e. The Kier molecular flexibility index (Phi) is 4.20. The summed E-state index contributed by atoms with van der Waals surface area (Å²) in [5, 5.41) is 11.6. The fourth-order valence-electron chi connectivity index (χ4n) is 1.83. The van der Waals surface area contributed by atoms with Crippen LogP contribution in [0.25, 0.3) is 11.3 Å². The minimum absolute atomic E-state index is 0.280. The lowest BCUT2D eigenvalue weighted by atomic mass is 10.1. The molecule has 1 unspecified atom stereocenters. The first kappa shape index (κ1) is 14.3. The predicted octanol–water partition coefficient (Wildman–Crippen LogP) is 2.96. The number of furan rings is 1. The third-order valence-corrected chi connectivity index (χ3v) is 3.15. The SMILES string of the molecule is Cc1c(F)cccc1-c1ccc(CNC(C)C(=O)O)o1. The zero-order chi connectivity index (χ0) is 14.7. The van der Waals surface area contributed by atoms with Crippen molar-refractivity contribution in [2.24, 2.45) is 0 Å². The molecule has 1 heterocycles. The van der Waals surface area contributed by atoms with Gasteiger partial charge in [-0.05, 0) is 37.6 Å². The van der Waals surface area contributed by atoms with Crippen molar-refractivity contribution in [2.45, 2.75) is 26.4 Å². The number of carboxylic acids is 1. The fraction of sp³-hybridized carbons (Fsp3) is 0.267. The van der Waals surface area contributed by atoms with E-state index < -0.39 is 12.0 Å². The van der Waals surface area contributed by atoms with Gasteiger partial charge in [0.25, 0.3) is 0 Å². The van der Waals surface area contributed by atoms with E-state index in [4.69, 9.17) is 9.52 Å². The van der Waals surface area contributed by atoms with Crippen molar-refractivity contribution < 1.29 is 18.7 Å². The van der Waals surface area contributed by atoms with Crippen molar-refractivity contribution in [1.29, 1.82) is 0 Å². The average Bonchev–Trinajstić information content (AvgIpc) is 2.87. The summed E-state index contributed by atoms with van der Waals surface area (Å²) < 4.78 is 19.1. The Balaban J connectivity index is 2.13. The van der Waals surface area contributed by atoms with Crippen LogP contribution in [-0.2, 0) is 11.3 Å². The molecule has 1 atom stereocenters. The molecule has 4 nitrogen and oxygen atoms in total. The van der Waals surface area contributed by atoms with Crippen LogP contribution in [0.3, 0.4) is 0 Å². The van der Waals surface area contributed by atoms with Crippen molar-refractivity contribution >= 4 is 5.97 Å². The molecule has 0 aliphatic carbocycles. The number of benzene rings is 1. The van der Waals surface area contributed by atoms with Gasteiger partial charge < -0.3 is 9.52 Å². The minimum atomic E-state index is -0.919. The van der Waals surface area contributed by atoms with Crippen molar-refractivity contribution in [3.63, 3.8) is 0 Å². The summed E-state index contributed by atoms with van der Waals surface area (Å²) in [6.45, 7) is 3.56. The number of aliphatic carboxylic acids is 1. The van der Waals surface area contributed by atoms with Gasteiger partial charge in [0.2, 0.25) is 0 Å². The van der Waals surface area contributed by atoms with Crippen molar-refractivity contribution in [1.82, 2.24) is 5.32 Å². The quantitative estimate of drug-likeness (QED) is 0.882. The molecular weight excluding hydrogens is 261 g/mol. The minimum Gasteiger partial charge on any atom is -0.480 e. The predicted molar refractivity (Wildman–Crippen MR) is 72.8 cm³/mol. The largest absolute Gasteiger partial charge is 0.480 e. The first-order chi connectivity index (χ1) is 9.49. The van der Waals surface area contributed by atoms with Crippen LogP contribution in [0.5, 0.6) is 0 Å². The second-order valence-corrected chi connectivity index (χ2v) is 4.62. The third-order valence-electron chi connectivity index (χ3n) is 3.15. The lowest BCUT2D eigenvalue weighted by Gasteiger charge is -2.07. The molecular formula is C15H16FNO3. The molecule has 0 fully saturated rings. The summed E-state index contributed by atoms with van der Waals surface area (Å²) >= 11 is 0. The maximum absolute atomic E-state index is 13.5. The number of hydrogen-bond donors (Lipinski definition) is 2. The van der Waals surface area contributed by atoms with Gasteiger partial charge in [-0.15, -0.1) is 0 Å². The maximum Gasteiger partial charge on any atom is 0.320 e. The summed E-state index contributed by atoms with van der Waals surface area (Å²) in [4.78, 5) is 10.7. The van der Waals surface area contributed by atoms with Crippen LogP contribution in [0.1, 0.15) is 18.2 Å². The molecule has 1 aromatic heterocycles. The number of nitrogens with one attached hydrogen (secondary N) is 1. The second kappa shape index (κ2) is 5.88. The molecule has 20 heavy (non-hydrogen) atoms. The summed E-state index contributed by atoms with van der Waals surface area (Å²) in [6, 6.07) is 7.67. The van der Waals surface area contributed by atoms with E-state index in [9.17, 15) is 9.18 Å². The second-order valence-electron chi connectivity index (χ2n) is 4.62. The Morgan fingerprint density at radius 3 is 2.85 bits per heavy atom. The van der Waals surface area contributed by atoms with Crippen LogP contribution in [0.2, 0.25) is 0 Å². The van der Waals surface area contributed by atoms with Crippen LogP contribution >= 0.6 is 0 Å². The highest BCUT2D eigenvalue weighted by Crippen LogP contribution is 2.26. The molecule has 2 N–H and O–H groups in total.